The molecular weight excluding hydrogens is 302 g/mol. The molecule has 1 rings (SSSR count). The number of alkyl halides is 1. The van der Waals surface area contributed by atoms with Gasteiger partial charge in [-0.1, -0.05) is 36.7 Å². The van der Waals surface area contributed by atoms with Crippen LogP contribution in [0.15, 0.2) is 0 Å². The highest BCUT2D eigenvalue weighted by atomic mass is 79.9. The van der Waals surface area contributed by atoms with Crippen LogP contribution in [0.25, 0.3) is 0 Å². The van der Waals surface area contributed by atoms with Gasteiger partial charge in [-0.25, -0.2) is 0 Å². The Kier molecular flexibility index (Phi) is 7.30. The zero-order valence-electron chi connectivity index (χ0n) is 13.5. The Labute approximate surface area is 128 Å². The van der Waals surface area contributed by atoms with Crippen molar-refractivity contribution in [3.63, 3.8) is 0 Å². The molecule has 1 atom stereocenters. The lowest BCUT2D eigenvalue weighted by atomic mass is 9.81. The first-order valence-electron chi connectivity index (χ1n) is 7.48. The normalized spacial score (nSPS) is 21.0. The summed E-state index contributed by atoms with van der Waals surface area (Å²) >= 11 is 3.69. The summed E-state index contributed by atoms with van der Waals surface area (Å²) in [7, 11) is 4.31. The van der Waals surface area contributed by atoms with Crippen molar-refractivity contribution < 1.29 is 0 Å². The molecule has 1 heterocycles. The molecule has 0 radical (unpaired) electrons. The van der Waals surface area contributed by atoms with Crippen LogP contribution in [0.2, 0.25) is 0 Å². The van der Waals surface area contributed by atoms with Gasteiger partial charge in [0.2, 0.25) is 0 Å². The zero-order chi connectivity index (χ0) is 14.5. The second-order valence-electron chi connectivity index (χ2n) is 7.16. The second kappa shape index (κ2) is 7.96. The molecule has 0 aromatic rings. The number of hydrogen-bond donors (Lipinski definition) is 0. The van der Waals surface area contributed by atoms with Gasteiger partial charge in [0.25, 0.3) is 0 Å². The van der Waals surface area contributed by atoms with E-state index in [1.807, 2.05) is 0 Å². The summed E-state index contributed by atoms with van der Waals surface area (Å²) in [5, 5.41) is 1.11. The fraction of sp³-hybridized carbons (Fsp3) is 1.00. The Balaban J connectivity index is 2.29. The van der Waals surface area contributed by atoms with Crippen molar-refractivity contribution in [1.82, 2.24) is 14.7 Å². The Bertz CT molecular complexity index is 242. The number of likely N-dealkylation sites (N-methyl/N-ethyl adjacent to an activating group) is 1. The van der Waals surface area contributed by atoms with E-state index in [0.29, 0.717) is 5.41 Å². The molecule has 0 aromatic heterocycles. The minimum Gasteiger partial charge on any atom is -0.308 e. The Morgan fingerprint density at radius 1 is 1.05 bits per heavy atom. The highest BCUT2D eigenvalue weighted by Crippen LogP contribution is 2.28. The van der Waals surface area contributed by atoms with Gasteiger partial charge >= 0.3 is 0 Å². The lowest BCUT2D eigenvalue weighted by Gasteiger charge is -2.39. The minimum atomic E-state index is 0.394. The zero-order valence-corrected chi connectivity index (χ0v) is 15.0. The smallest absolute Gasteiger partial charge is 0.0110 e. The van der Waals surface area contributed by atoms with Crippen LogP contribution in [-0.2, 0) is 0 Å². The van der Waals surface area contributed by atoms with Crippen molar-refractivity contribution in [2.75, 3.05) is 65.2 Å². The standard InChI is InChI=1S/C15H32BrN3/c1-15(2,3)14(12-16)13-19-10-8-18(9-11-19)7-6-17(4)5/h14H,6-13H2,1-5H3. The van der Waals surface area contributed by atoms with E-state index in [4.69, 9.17) is 0 Å². The summed E-state index contributed by atoms with van der Waals surface area (Å²) in [6.45, 7) is 15.6. The van der Waals surface area contributed by atoms with Crippen molar-refractivity contribution in [2.24, 2.45) is 11.3 Å². The van der Waals surface area contributed by atoms with Gasteiger partial charge in [0.1, 0.15) is 0 Å². The first kappa shape index (κ1) is 17.4. The van der Waals surface area contributed by atoms with E-state index in [1.165, 1.54) is 45.8 Å². The van der Waals surface area contributed by atoms with E-state index < -0.39 is 0 Å². The van der Waals surface area contributed by atoms with Crippen LogP contribution in [0.3, 0.4) is 0 Å². The average molecular weight is 334 g/mol. The van der Waals surface area contributed by atoms with E-state index in [1.54, 1.807) is 0 Å². The molecule has 1 unspecified atom stereocenters. The number of halogens is 1. The number of nitrogens with zero attached hydrogens (tertiary/aromatic N) is 3. The van der Waals surface area contributed by atoms with Crippen molar-refractivity contribution in [1.29, 1.82) is 0 Å². The van der Waals surface area contributed by atoms with Crippen LogP contribution in [0.4, 0.5) is 0 Å². The van der Waals surface area contributed by atoms with E-state index in [0.717, 1.165) is 11.2 Å². The van der Waals surface area contributed by atoms with Gasteiger partial charge < -0.3 is 9.80 Å². The van der Waals surface area contributed by atoms with Crippen molar-refractivity contribution in [3.05, 3.63) is 0 Å². The van der Waals surface area contributed by atoms with Gasteiger partial charge in [-0.05, 0) is 25.4 Å². The predicted molar refractivity (Wildman–Crippen MR) is 88.2 cm³/mol. The summed E-state index contributed by atoms with van der Waals surface area (Å²) in [6.07, 6.45) is 0. The molecule has 4 heteroatoms. The lowest BCUT2D eigenvalue weighted by Crippen LogP contribution is -2.50. The largest absolute Gasteiger partial charge is 0.308 e. The molecule has 0 saturated carbocycles. The van der Waals surface area contributed by atoms with E-state index in [2.05, 4.69) is 65.5 Å². The van der Waals surface area contributed by atoms with Crippen molar-refractivity contribution in [3.8, 4) is 0 Å². The first-order valence-corrected chi connectivity index (χ1v) is 8.60. The molecular formula is C15H32BrN3. The summed E-state index contributed by atoms with van der Waals surface area (Å²) in [4.78, 5) is 7.51. The summed E-state index contributed by atoms with van der Waals surface area (Å²) in [5.41, 5.74) is 0.394. The molecule has 0 aromatic carbocycles. The molecule has 1 fully saturated rings. The van der Waals surface area contributed by atoms with Crippen LogP contribution in [0.5, 0.6) is 0 Å². The molecule has 3 nitrogen and oxygen atoms in total. The van der Waals surface area contributed by atoms with Gasteiger partial charge in [0, 0.05) is 51.1 Å². The SMILES string of the molecule is CN(C)CCN1CCN(CC(CBr)C(C)(C)C)CC1. The molecule has 1 aliphatic heterocycles. The van der Waals surface area contributed by atoms with Gasteiger partial charge in [-0.15, -0.1) is 0 Å². The lowest BCUT2D eigenvalue weighted by molar-refractivity contribution is 0.0937. The maximum atomic E-state index is 3.69. The summed E-state index contributed by atoms with van der Waals surface area (Å²) < 4.78 is 0. The third kappa shape index (κ3) is 6.56. The molecule has 0 N–H and O–H groups in total. The van der Waals surface area contributed by atoms with Crippen LogP contribution < -0.4 is 0 Å². The van der Waals surface area contributed by atoms with E-state index in [-0.39, 0.29) is 0 Å². The van der Waals surface area contributed by atoms with Crippen LogP contribution >= 0.6 is 15.9 Å². The topological polar surface area (TPSA) is 9.72 Å². The Morgan fingerprint density at radius 2 is 1.58 bits per heavy atom. The fourth-order valence-corrected chi connectivity index (χ4v) is 3.58. The maximum Gasteiger partial charge on any atom is 0.0110 e. The summed E-state index contributed by atoms with van der Waals surface area (Å²) in [6, 6.07) is 0. The second-order valence-corrected chi connectivity index (χ2v) is 7.81. The Hall–Kier alpha value is 0.360. The van der Waals surface area contributed by atoms with Crippen molar-refractivity contribution >= 4 is 15.9 Å². The highest BCUT2D eigenvalue weighted by Gasteiger charge is 2.27. The third-order valence-corrected chi connectivity index (χ3v) is 5.00. The quantitative estimate of drug-likeness (QED) is 0.690. The third-order valence-electron chi connectivity index (χ3n) is 4.22. The van der Waals surface area contributed by atoms with E-state index in [9.17, 15) is 0 Å². The van der Waals surface area contributed by atoms with Gasteiger partial charge in [-0.2, -0.15) is 0 Å². The van der Waals surface area contributed by atoms with Crippen molar-refractivity contribution in [2.45, 2.75) is 20.8 Å². The van der Waals surface area contributed by atoms with Gasteiger partial charge in [0.15, 0.2) is 0 Å². The minimum absolute atomic E-state index is 0.394. The average Bonchev–Trinajstić information content (AvgIpc) is 2.33. The molecule has 19 heavy (non-hydrogen) atoms. The fourth-order valence-electron chi connectivity index (χ4n) is 2.40. The van der Waals surface area contributed by atoms with Crippen LogP contribution in [-0.4, -0.2) is 79.9 Å². The van der Waals surface area contributed by atoms with Crippen LogP contribution in [0, 0.1) is 11.3 Å². The molecule has 0 bridgehead atoms. The molecule has 1 aliphatic rings. The Morgan fingerprint density at radius 3 is 2.00 bits per heavy atom. The predicted octanol–water partition coefficient (Wildman–Crippen LogP) is 2.22. The first-order chi connectivity index (χ1) is 8.82. The maximum absolute atomic E-state index is 3.69. The van der Waals surface area contributed by atoms with Gasteiger partial charge in [0.05, 0.1) is 0 Å². The summed E-state index contributed by atoms with van der Waals surface area (Å²) in [5.74, 6) is 0.737. The van der Waals surface area contributed by atoms with E-state index >= 15 is 0 Å². The molecule has 1 saturated heterocycles. The number of piperazine rings is 1. The van der Waals surface area contributed by atoms with Gasteiger partial charge in [-0.3, -0.25) is 4.90 Å². The highest BCUT2D eigenvalue weighted by molar-refractivity contribution is 9.09. The monoisotopic (exact) mass is 333 g/mol. The van der Waals surface area contributed by atoms with Crippen LogP contribution in [0.1, 0.15) is 20.8 Å². The molecule has 114 valence electrons. The molecule has 0 spiro atoms. The molecule has 0 aliphatic carbocycles. The molecule has 0 amide bonds. The number of hydrogen-bond acceptors (Lipinski definition) is 3. The number of rotatable bonds is 6.